The van der Waals surface area contributed by atoms with Crippen molar-refractivity contribution in [3.63, 3.8) is 0 Å². The third-order valence-corrected chi connectivity index (χ3v) is 6.27. The third kappa shape index (κ3) is 3.23. The van der Waals surface area contributed by atoms with E-state index in [1.807, 2.05) is 49.4 Å². The second kappa shape index (κ2) is 7.64. The van der Waals surface area contributed by atoms with E-state index in [9.17, 15) is 9.59 Å². The van der Waals surface area contributed by atoms with Crippen LogP contribution >= 0.6 is 11.6 Å². The summed E-state index contributed by atoms with van der Waals surface area (Å²) in [6.45, 7) is 6.19. The van der Waals surface area contributed by atoms with Crippen molar-refractivity contribution >= 4 is 34.2 Å². The highest BCUT2D eigenvalue weighted by Crippen LogP contribution is 2.42. The number of amides is 1. The Labute approximate surface area is 191 Å². The molecule has 160 valence electrons. The number of nitrogens with zero attached hydrogens (tertiary/aromatic N) is 1. The van der Waals surface area contributed by atoms with Gasteiger partial charge in [0.05, 0.1) is 17.0 Å². The summed E-state index contributed by atoms with van der Waals surface area (Å²) in [5.74, 6) is 0.117. The number of aryl methyl sites for hydroxylation is 1. The molecular weight excluding hydrogens is 422 g/mol. The van der Waals surface area contributed by atoms with Crippen molar-refractivity contribution in [3.8, 4) is 0 Å². The Morgan fingerprint density at radius 2 is 1.72 bits per heavy atom. The number of rotatable bonds is 3. The van der Waals surface area contributed by atoms with Gasteiger partial charge in [-0.15, -0.1) is 0 Å². The molecule has 1 atom stereocenters. The fourth-order valence-corrected chi connectivity index (χ4v) is 4.54. The molecule has 0 bridgehead atoms. The zero-order valence-corrected chi connectivity index (χ0v) is 18.8. The van der Waals surface area contributed by atoms with Crippen LogP contribution in [0.5, 0.6) is 0 Å². The molecule has 1 aromatic heterocycles. The summed E-state index contributed by atoms with van der Waals surface area (Å²) in [4.78, 5) is 28.8. The zero-order chi connectivity index (χ0) is 22.6. The molecule has 0 saturated carbocycles. The van der Waals surface area contributed by atoms with Crippen LogP contribution in [0.15, 0.2) is 75.9 Å². The Morgan fingerprint density at radius 3 is 2.41 bits per heavy atom. The highest BCUT2D eigenvalue weighted by molar-refractivity contribution is 6.31. The summed E-state index contributed by atoms with van der Waals surface area (Å²) in [7, 11) is 0. The summed E-state index contributed by atoms with van der Waals surface area (Å²) < 4.78 is 6.02. The van der Waals surface area contributed by atoms with Gasteiger partial charge in [-0.2, -0.15) is 0 Å². The first-order chi connectivity index (χ1) is 15.3. The summed E-state index contributed by atoms with van der Waals surface area (Å²) in [6, 6.07) is 20.0. The van der Waals surface area contributed by atoms with E-state index < -0.39 is 6.04 Å². The third-order valence-electron chi connectivity index (χ3n) is 6.03. The van der Waals surface area contributed by atoms with Gasteiger partial charge in [0.15, 0.2) is 5.43 Å². The van der Waals surface area contributed by atoms with Crippen LogP contribution in [0.2, 0.25) is 5.02 Å². The minimum Gasteiger partial charge on any atom is -0.450 e. The van der Waals surface area contributed by atoms with Crippen molar-refractivity contribution in [2.75, 3.05) is 4.90 Å². The van der Waals surface area contributed by atoms with E-state index >= 15 is 0 Å². The first kappa shape index (κ1) is 20.5. The fraction of sp³-hybridized carbons (Fsp3) is 0.185. The summed E-state index contributed by atoms with van der Waals surface area (Å²) in [5, 5.41) is 0.994. The zero-order valence-electron chi connectivity index (χ0n) is 18.1. The van der Waals surface area contributed by atoms with Gasteiger partial charge in [-0.3, -0.25) is 14.5 Å². The lowest BCUT2D eigenvalue weighted by molar-refractivity contribution is 0.0971. The van der Waals surface area contributed by atoms with Gasteiger partial charge in [-0.05, 0) is 54.3 Å². The number of hydrogen-bond acceptors (Lipinski definition) is 3. The molecule has 1 amide bonds. The first-order valence-corrected chi connectivity index (χ1v) is 11.0. The molecule has 1 aliphatic heterocycles. The van der Waals surface area contributed by atoms with E-state index in [1.165, 1.54) is 5.56 Å². The predicted molar refractivity (Wildman–Crippen MR) is 128 cm³/mol. The maximum absolute atomic E-state index is 13.7. The molecule has 1 aliphatic rings. The molecule has 0 spiro atoms. The van der Waals surface area contributed by atoms with Gasteiger partial charge in [-0.1, -0.05) is 67.4 Å². The Bertz CT molecular complexity index is 1420. The second-order valence-corrected chi connectivity index (χ2v) is 8.99. The average Bonchev–Trinajstić information content (AvgIpc) is 3.07. The van der Waals surface area contributed by atoms with Crippen molar-refractivity contribution in [1.29, 1.82) is 0 Å². The van der Waals surface area contributed by atoms with E-state index in [4.69, 9.17) is 16.0 Å². The molecule has 0 N–H and O–H groups in total. The molecule has 0 saturated heterocycles. The Morgan fingerprint density at radius 1 is 0.969 bits per heavy atom. The van der Waals surface area contributed by atoms with Crippen molar-refractivity contribution in [1.82, 2.24) is 0 Å². The van der Waals surface area contributed by atoms with Gasteiger partial charge in [0, 0.05) is 10.7 Å². The number of hydrogen-bond donors (Lipinski definition) is 0. The molecule has 5 heteroatoms. The van der Waals surface area contributed by atoms with Gasteiger partial charge in [0.2, 0.25) is 5.76 Å². The van der Waals surface area contributed by atoms with Crippen LogP contribution in [0, 0.1) is 6.92 Å². The van der Waals surface area contributed by atoms with Crippen molar-refractivity contribution in [2.24, 2.45) is 0 Å². The lowest BCUT2D eigenvalue weighted by Gasteiger charge is -2.25. The molecule has 4 nitrogen and oxygen atoms in total. The van der Waals surface area contributed by atoms with Crippen molar-refractivity contribution in [3.05, 3.63) is 110 Å². The minimum absolute atomic E-state index is 0.0873. The molecule has 0 fully saturated rings. The first-order valence-electron chi connectivity index (χ1n) is 10.6. The van der Waals surface area contributed by atoms with Crippen molar-refractivity contribution in [2.45, 2.75) is 32.7 Å². The average molecular weight is 444 g/mol. The number of benzene rings is 3. The van der Waals surface area contributed by atoms with Crippen LogP contribution in [-0.4, -0.2) is 5.91 Å². The smallest absolute Gasteiger partial charge is 0.295 e. The standard InChI is InChI=1S/C27H22ClNO3/c1-15(2)17-8-10-18(11-9-17)24-23-25(30)21-13-16(3)7-12-22(21)32-26(23)27(31)29(24)20-6-4-5-19(28)14-20/h4-15,24H,1-3H3. The molecule has 5 rings (SSSR count). The van der Waals surface area contributed by atoms with Crippen LogP contribution < -0.4 is 10.3 Å². The summed E-state index contributed by atoms with van der Waals surface area (Å²) in [6.07, 6.45) is 0. The number of fused-ring (bicyclic) bond motifs is 2. The quantitative estimate of drug-likeness (QED) is 0.357. The van der Waals surface area contributed by atoms with Gasteiger partial charge in [-0.25, -0.2) is 0 Å². The van der Waals surface area contributed by atoms with E-state index in [-0.39, 0.29) is 17.1 Å². The SMILES string of the molecule is Cc1ccc2oc3c(c(=O)c2c1)C(c1ccc(C(C)C)cc1)N(c1cccc(Cl)c1)C3=O. The van der Waals surface area contributed by atoms with E-state index in [0.717, 1.165) is 11.1 Å². The second-order valence-electron chi connectivity index (χ2n) is 8.55. The van der Waals surface area contributed by atoms with E-state index in [1.54, 1.807) is 29.2 Å². The minimum atomic E-state index is -0.599. The molecule has 1 unspecified atom stereocenters. The number of carbonyl (C=O) groups is 1. The van der Waals surface area contributed by atoms with Gasteiger partial charge in [0.1, 0.15) is 5.58 Å². The van der Waals surface area contributed by atoms with Crippen LogP contribution in [0.1, 0.15) is 58.6 Å². The fourth-order valence-electron chi connectivity index (χ4n) is 4.36. The van der Waals surface area contributed by atoms with E-state index in [2.05, 4.69) is 13.8 Å². The van der Waals surface area contributed by atoms with Crippen LogP contribution in [0.25, 0.3) is 11.0 Å². The maximum atomic E-state index is 13.7. The number of anilines is 1. The Hall–Kier alpha value is -3.37. The van der Waals surface area contributed by atoms with E-state index in [0.29, 0.717) is 33.2 Å². The molecule has 4 aromatic rings. The molecule has 3 aromatic carbocycles. The Balaban J connectivity index is 1.79. The lowest BCUT2D eigenvalue weighted by Crippen LogP contribution is -2.29. The molecule has 2 heterocycles. The van der Waals surface area contributed by atoms with Gasteiger partial charge < -0.3 is 4.42 Å². The highest BCUT2D eigenvalue weighted by atomic mass is 35.5. The summed E-state index contributed by atoms with van der Waals surface area (Å²) in [5.41, 5.74) is 4.21. The van der Waals surface area contributed by atoms with Crippen molar-refractivity contribution < 1.29 is 9.21 Å². The number of halogens is 1. The van der Waals surface area contributed by atoms with Crippen LogP contribution in [0.4, 0.5) is 5.69 Å². The highest BCUT2D eigenvalue weighted by Gasteiger charge is 2.43. The normalized spacial score (nSPS) is 15.6. The molecular formula is C27H22ClNO3. The monoisotopic (exact) mass is 443 g/mol. The van der Waals surface area contributed by atoms with Crippen LogP contribution in [-0.2, 0) is 0 Å². The molecule has 0 aliphatic carbocycles. The predicted octanol–water partition coefficient (Wildman–Crippen LogP) is 6.63. The molecule has 32 heavy (non-hydrogen) atoms. The molecule has 0 radical (unpaired) electrons. The lowest BCUT2D eigenvalue weighted by atomic mass is 9.95. The topological polar surface area (TPSA) is 50.5 Å². The summed E-state index contributed by atoms with van der Waals surface area (Å²) >= 11 is 6.24. The maximum Gasteiger partial charge on any atom is 0.295 e. The largest absolute Gasteiger partial charge is 0.450 e. The van der Waals surface area contributed by atoms with Gasteiger partial charge in [0.25, 0.3) is 5.91 Å². The Kier molecular flexibility index (Phi) is 4.90. The van der Waals surface area contributed by atoms with Crippen LogP contribution in [0.3, 0.4) is 0 Å². The van der Waals surface area contributed by atoms with Gasteiger partial charge >= 0.3 is 0 Å². The number of carbonyl (C=O) groups excluding carboxylic acids is 1.